The Kier molecular flexibility index (Phi) is 8.46. The molecular weight excluding hydrogens is 488 g/mol. The van der Waals surface area contributed by atoms with Gasteiger partial charge in [-0.1, -0.05) is 73.1 Å². The van der Waals surface area contributed by atoms with Crippen LogP contribution in [0.1, 0.15) is 24.5 Å². The largest absolute Gasteiger partial charge is 0.357 e. The number of rotatable bonds is 8. The number of fused-ring (bicyclic) bond motifs is 1. The molecule has 3 atom stereocenters. The summed E-state index contributed by atoms with van der Waals surface area (Å²) in [6.45, 7) is 2.46. The Balaban J connectivity index is 1.51. The summed E-state index contributed by atoms with van der Waals surface area (Å²) in [5.41, 5.74) is 8.15. The van der Waals surface area contributed by atoms with Gasteiger partial charge in [0, 0.05) is 31.6 Å². The Morgan fingerprint density at radius 1 is 1.00 bits per heavy atom. The fourth-order valence-electron chi connectivity index (χ4n) is 5.05. The third-order valence-electron chi connectivity index (χ3n) is 7.05. The molecule has 3 aromatic rings. The lowest BCUT2D eigenvalue weighted by Gasteiger charge is -2.43. The predicted octanol–water partition coefficient (Wildman–Crippen LogP) is 3.17. The van der Waals surface area contributed by atoms with Gasteiger partial charge in [0.15, 0.2) is 0 Å². The van der Waals surface area contributed by atoms with Crippen molar-refractivity contribution in [2.24, 2.45) is 5.73 Å². The van der Waals surface area contributed by atoms with Crippen LogP contribution in [0.5, 0.6) is 0 Å². The minimum Gasteiger partial charge on any atom is -0.357 e. The van der Waals surface area contributed by atoms with Gasteiger partial charge in [0.1, 0.15) is 12.1 Å². The summed E-state index contributed by atoms with van der Waals surface area (Å²) in [7, 11) is 1.58. The van der Waals surface area contributed by atoms with Crippen LogP contribution in [0.25, 0.3) is 10.8 Å². The number of carbonyl (C=O) groups excluding carboxylic acids is 3. The highest BCUT2D eigenvalue weighted by molar-refractivity contribution is 6.30. The first-order valence-corrected chi connectivity index (χ1v) is 13.0. The zero-order valence-electron chi connectivity index (χ0n) is 21.2. The van der Waals surface area contributed by atoms with E-state index >= 15 is 0 Å². The summed E-state index contributed by atoms with van der Waals surface area (Å²) in [5, 5.41) is 5.53. The van der Waals surface area contributed by atoms with Crippen molar-refractivity contribution >= 4 is 40.1 Å². The van der Waals surface area contributed by atoms with Gasteiger partial charge in [-0.05, 0) is 46.9 Å². The second kappa shape index (κ2) is 11.8. The Labute approximate surface area is 222 Å². The maximum atomic E-state index is 13.7. The number of nitrogens with two attached hydrogens (primary N) is 1. The molecule has 194 valence electrons. The highest BCUT2D eigenvalue weighted by Gasteiger charge is 2.41. The average Bonchev–Trinajstić information content (AvgIpc) is 2.92. The number of halogens is 1. The average molecular weight is 521 g/mol. The van der Waals surface area contributed by atoms with E-state index in [1.807, 2.05) is 55.5 Å². The Morgan fingerprint density at radius 3 is 2.35 bits per heavy atom. The molecule has 3 aromatic carbocycles. The zero-order chi connectivity index (χ0) is 26.5. The Morgan fingerprint density at radius 2 is 1.68 bits per heavy atom. The van der Waals surface area contributed by atoms with Gasteiger partial charge >= 0.3 is 0 Å². The van der Waals surface area contributed by atoms with Crippen molar-refractivity contribution in [1.29, 1.82) is 0 Å². The van der Waals surface area contributed by atoms with E-state index in [0.29, 0.717) is 30.8 Å². The van der Waals surface area contributed by atoms with Crippen LogP contribution < -0.4 is 11.1 Å². The van der Waals surface area contributed by atoms with Crippen LogP contribution in [-0.4, -0.2) is 65.8 Å². The number of piperazine rings is 1. The van der Waals surface area contributed by atoms with E-state index in [1.54, 1.807) is 29.0 Å². The van der Waals surface area contributed by atoms with E-state index in [4.69, 9.17) is 17.3 Å². The van der Waals surface area contributed by atoms with Crippen molar-refractivity contribution in [3.63, 3.8) is 0 Å². The summed E-state index contributed by atoms with van der Waals surface area (Å²) >= 11 is 5.96. The van der Waals surface area contributed by atoms with Crippen LogP contribution in [0, 0.1) is 0 Å². The van der Waals surface area contributed by atoms with Gasteiger partial charge in [-0.2, -0.15) is 0 Å². The molecule has 1 aliphatic heterocycles. The van der Waals surface area contributed by atoms with Gasteiger partial charge < -0.3 is 20.9 Å². The molecule has 37 heavy (non-hydrogen) atoms. The lowest BCUT2D eigenvalue weighted by atomic mass is 9.97. The molecule has 1 saturated heterocycles. The van der Waals surface area contributed by atoms with Crippen molar-refractivity contribution in [2.75, 3.05) is 20.1 Å². The third kappa shape index (κ3) is 5.95. The lowest BCUT2D eigenvalue weighted by Crippen LogP contribution is -2.65. The molecule has 1 fully saturated rings. The third-order valence-corrected chi connectivity index (χ3v) is 7.30. The molecule has 7 nitrogen and oxygen atoms in total. The van der Waals surface area contributed by atoms with Gasteiger partial charge in [-0.3, -0.25) is 14.4 Å². The number of hydrogen-bond donors (Lipinski definition) is 2. The monoisotopic (exact) mass is 520 g/mol. The molecule has 0 bridgehead atoms. The topological polar surface area (TPSA) is 95.7 Å². The molecule has 0 aromatic heterocycles. The minimum atomic E-state index is -0.776. The summed E-state index contributed by atoms with van der Waals surface area (Å²) in [4.78, 5) is 43.1. The first kappa shape index (κ1) is 26.6. The number of amides is 3. The quantitative estimate of drug-likeness (QED) is 0.477. The van der Waals surface area contributed by atoms with E-state index in [1.165, 1.54) is 0 Å². The van der Waals surface area contributed by atoms with Gasteiger partial charge in [-0.15, -0.1) is 0 Å². The lowest BCUT2D eigenvalue weighted by molar-refractivity contribution is -0.156. The molecule has 0 aliphatic carbocycles. The summed E-state index contributed by atoms with van der Waals surface area (Å²) in [5.74, 6) is -0.716. The van der Waals surface area contributed by atoms with Crippen LogP contribution in [0.15, 0.2) is 66.7 Å². The maximum Gasteiger partial charge on any atom is 0.246 e. The van der Waals surface area contributed by atoms with Gasteiger partial charge in [0.25, 0.3) is 0 Å². The van der Waals surface area contributed by atoms with E-state index in [2.05, 4.69) is 11.4 Å². The van der Waals surface area contributed by atoms with Crippen molar-refractivity contribution in [1.82, 2.24) is 15.1 Å². The molecule has 2 unspecified atom stereocenters. The van der Waals surface area contributed by atoms with Crippen LogP contribution >= 0.6 is 11.6 Å². The van der Waals surface area contributed by atoms with E-state index in [0.717, 1.165) is 21.9 Å². The standard InChI is InChI=1S/C29H33ClN4O3/c1-3-25-29(37)34(15-14-33(25)28(36)24(31)17-19-9-12-23(30)13-10-19)26(27(35)32-2)18-20-8-11-21-6-4-5-7-22(21)16-20/h4-13,16,24-26H,3,14-15,17-18,31H2,1-2H3,(H,32,35)/t24?,25-,26?/m0/s1. The van der Waals surface area contributed by atoms with Crippen molar-refractivity contribution < 1.29 is 14.4 Å². The van der Waals surface area contributed by atoms with E-state index in [9.17, 15) is 14.4 Å². The molecule has 0 radical (unpaired) electrons. The minimum absolute atomic E-state index is 0.226. The second-order valence-corrected chi connectivity index (χ2v) is 9.88. The van der Waals surface area contributed by atoms with E-state index in [-0.39, 0.29) is 24.3 Å². The van der Waals surface area contributed by atoms with Gasteiger partial charge in [-0.25, -0.2) is 0 Å². The Hall–Kier alpha value is -3.42. The molecule has 1 aliphatic rings. The molecule has 1 heterocycles. The molecule has 8 heteroatoms. The number of carbonyl (C=O) groups is 3. The van der Waals surface area contributed by atoms with Crippen LogP contribution in [-0.2, 0) is 27.2 Å². The fourth-order valence-corrected chi connectivity index (χ4v) is 5.18. The summed E-state index contributed by atoms with van der Waals surface area (Å²) < 4.78 is 0. The molecule has 3 N–H and O–H groups in total. The fraction of sp³-hybridized carbons (Fsp3) is 0.345. The highest BCUT2D eigenvalue weighted by Crippen LogP contribution is 2.23. The van der Waals surface area contributed by atoms with Crippen LogP contribution in [0.3, 0.4) is 0 Å². The normalized spacial score (nSPS) is 17.5. The van der Waals surface area contributed by atoms with Crippen LogP contribution in [0.4, 0.5) is 0 Å². The molecular formula is C29H33ClN4O3. The first-order valence-electron chi connectivity index (χ1n) is 12.6. The second-order valence-electron chi connectivity index (χ2n) is 9.44. The summed E-state index contributed by atoms with van der Waals surface area (Å²) in [6.07, 6.45) is 1.17. The van der Waals surface area contributed by atoms with Gasteiger partial charge in [0.05, 0.1) is 6.04 Å². The molecule has 0 saturated carbocycles. The number of nitrogens with one attached hydrogen (secondary N) is 1. The number of benzene rings is 3. The highest BCUT2D eigenvalue weighted by atomic mass is 35.5. The maximum absolute atomic E-state index is 13.7. The number of hydrogen-bond acceptors (Lipinski definition) is 4. The number of likely N-dealkylation sites (N-methyl/N-ethyl adjacent to an activating group) is 1. The molecule has 0 spiro atoms. The predicted molar refractivity (Wildman–Crippen MR) is 146 cm³/mol. The van der Waals surface area contributed by atoms with Crippen molar-refractivity contribution in [2.45, 2.75) is 44.3 Å². The van der Waals surface area contributed by atoms with Crippen molar-refractivity contribution in [3.8, 4) is 0 Å². The van der Waals surface area contributed by atoms with Crippen molar-refractivity contribution in [3.05, 3.63) is 82.9 Å². The van der Waals surface area contributed by atoms with Gasteiger partial charge in [0.2, 0.25) is 17.7 Å². The first-order chi connectivity index (χ1) is 17.8. The number of nitrogens with zero attached hydrogens (tertiary/aromatic N) is 2. The molecule has 3 amide bonds. The zero-order valence-corrected chi connectivity index (χ0v) is 21.9. The molecule has 4 rings (SSSR count). The van der Waals surface area contributed by atoms with Crippen LogP contribution in [0.2, 0.25) is 5.02 Å². The SMILES string of the molecule is CC[C@H]1C(=O)N(C(Cc2ccc3ccccc3c2)C(=O)NC)CCN1C(=O)C(N)Cc1ccc(Cl)cc1. The smallest absolute Gasteiger partial charge is 0.246 e. The van der Waals surface area contributed by atoms with E-state index < -0.39 is 18.1 Å². The Bertz CT molecular complexity index is 1280. The summed E-state index contributed by atoms with van der Waals surface area (Å²) in [6, 6.07) is 19.2.